The molecule has 1 spiro atoms. The van der Waals surface area contributed by atoms with E-state index in [1.165, 1.54) is 19.2 Å². The van der Waals surface area contributed by atoms with Crippen LogP contribution in [0.3, 0.4) is 0 Å². The lowest BCUT2D eigenvalue weighted by atomic mass is 9.80. The summed E-state index contributed by atoms with van der Waals surface area (Å²) >= 11 is -2.09. The van der Waals surface area contributed by atoms with Crippen molar-refractivity contribution in [3.8, 4) is 0 Å². The molecule has 0 amide bonds. The number of anilines is 3. The van der Waals surface area contributed by atoms with Crippen molar-refractivity contribution in [2.75, 3.05) is 16.9 Å². The highest BCUT2D eigenvalue weighted by Crippen LogP contribution is 2.45. The van der Waals surface area contributed by atoms with Crippen molar-refractivity contribution in [1.29, 1.82) is 0 Å². The van der Waals surface area contributed by atoms with E-state index in [1.807, 2.05) is 18.0 Å². The molecule has 1 fully saturated rings. The third-order valence-electron chi connectivity index (χ3n) is 6.22. The van der Waals surface area contributed by atoms with Crippen LogP contribution >= 0.6 is 0 Å². The number of hydrazone groups is 1. The molecule has 4 heterocycles. The van der Waals surface area contributed by atoms with Crippen LogP contribution in [0.2, 0.25) is 0 Å². The molecule has 1 saturated carbocycles. The summed E-state index contributed by atoms with van der Waals surface area (Å²) < 4.78 is 28.2. The van der Waals surface area contributed by atoms with Gasteiger partial charge in [-0.15, -0.1) is 5.10 Å². The van der Waals surface area contributed by atoms with Crippen LogP contribution < -0.4 is 10.3 Å². The number of esters is 1. The summed E-state index contributed by atoms with van der Waals surface area (Å²) in [4.78, 5) is 25.6. The van der Waals surface area contributed by atoms with Gasteiger partial charge in [-0.2, -0.15) is 4.98 Å². The van der Waals surface area contributed by atoms with E-state index in [4.69, 9.17) is 14.8 Å². The molecule has 1 unspecified atom stereocenters. The van der Waals surface area contributed by atoms with E-state index >= 15 is 0 Å². The monoisotopic (exact) mass is 483 g/mol. The lowest BCUT2D eigenvalue weighted by Gasteiger charge is -2.43. The SMILES string of the molecule is CCN1N=C(OC(C)=O)C2(CCCCC2)n2c1cc1cnc(Nc3ccc(S(=O)O)cn3)nc12. The molecular formula is C22H25N7O4S. The molecule has 0 bridgehead atoms. The maximum absolute atomic E-state index is 12.0. The normalized spacial score (nSPS) is 17.9. The summed E-state index contributed by atoms with van der Waals surface area (Å²) in [6.07, 6.45) is 7.75. The fourth-order valence-corrected chi connectivity index (χ4v) is 5.05. The van der Waals surface area contributed by atoms with Gasteiger partial charge >= 0.3 is 5.97 Å². The molecule has 11 nitrogen and oxygen atoms in total. The van der Waals surface area contributed by atoms with Crippen LogP contribution in [0.4, 0.5) is 17.6 Å². The first-order valence-electron chi connectivity index (χ1n) is 11.2. The first-order chi connectivity index (χ1) is 16.4. The zero-order valence-corrected chi connectivity index (χ0v) is 19.7. The second-order valence-corrected chi connectivity index (χ2v) is 9.34. The Kier molecular flexibility index (Phi) is 5.78. The van der Waals surface area contributed by atoms with Gasteiger partial charge in [-0.3, -0.25) is 9.36 Å². The Morgan fingerprint density at radius 2 is 2.03 bits per heavy atom. The molecule has 0 aromatic carbocycles. The minimum atomic E-state index is -2.09. The van der Waals surface area contributed by atoms with Gasteiger partial charge in [-0.1, -0.05) is 19.3 Å². The van der Waals surface area contributed by atoms with Crippen LogP contribution in [0, 0.1) is 0 Å². The number of aromatic nitrogens is 4. The minimum absolute atomic E-state index is 0.207. The standard InChI is InChI=1S/C22H25N7O4S/c1-3-28-18-11-15-12-24-21(25-17-8-7-16(13-23-17)34(31)32)26-19(15)29(18)22(9-5-4-6-10-22)20(27-28)33-14(2)30/h7-8,11-13H,3-6,9-10H2,1-2H3,(H,31,32)(H,23,24,25,26). The topological polar surface area (TPSA) is 135 Å². The first-order valence-corrected chi connectivity index (χ1v) is 12.3. The van der Waals surface area contributed by atoms with Crippen molar-refractivity contribution in [2.24, 2.45) is 5.10 Å². The third kappa shape index (κ3) is 3.82. The second kappa shape index (κ2) is 8.76. The molecule has 1 aliphatic carbocycles. The highest BCUT2D eigenvalue weighted by Gasteiger charge is 2.47. The Balaban J connectivity index is 1.61. The van der Waals surface area contributed by atoms with E-state index in [0.717, 1.165) is 43.3 Å². The minimum Gasteiger partial charge on any atom is -0.407 e. The molecule has 0 radical (unpaired) electrons. The fourth-order valence-electron chi connectivity index (χ4n) is 4.73. The molecule has 0 saturated heterocycles. The molecule has 1 atom stereocenters. The van der Waals surface area contributed by atoms with Crippen LogP contribution in [-0.4, -0.2) is 46.7 Å². The smallest absolute Gasteiger partial charge is 0.309 e. The average Bonchev–Trinajstić information content (AvgIpc) is 3.21. The highest BCUT2D eigenvalue weighted by atomic mass is 32.2. The molecule has 5 rings (SSSR count). The molecule has 12 heteroatoms. The number of carbonyl (C=O) groups excluding carboxylic acids is 1. The van der Waals surface area contributed by atoms with Gasteiger partial charge in [0.05, 0.1) is 4.90 Å². The van der Waals surface area contributed by atoms with Crippen molar-refractivity contribution in [3.05, 3.63) is 30.6 Å². The largest absolute Gasteiger partial charge is 0.407 e. The summed E-state index contributed by atoms with van der Waals surface area (Å²) in [7, 11) is 0. The van der Waals surface area contributed by atoms with Crippen molar-refractivity contribution in [1.82, 2.24) is 19.5 Å². The van der Waals surface area contributed by atoms with Crippen LogP contribution in [-0.2, 0) is 26.2 Å². The zero-order valence-electron chi connectivity index (χ0n) is 18.9. The van der Waals surface area contributed by atoms with Gasteiger partial charge in [0.15, 0.2) is 11.1 Å². The van der Waals surface area contributed by atoms with E-state index in [9.17, 15) is 13.6 Å². The van der Waals surface area contributed by atoms with Crippen LogP contribution in [0.15, 0.2) is 40.6 Å². The lowest BCUT2D eigenvalue weighted by Crippen LogP contribution is -2.50. The van der Waals surface area contributed by atoms with E-state index in [2.05, 4.69) is 19.9 Å². The summed E-state index contributed by atoms with van der Waals surface area (Å²) in [6, 6.07) is 5.12. The van der Waals surface area contributed by atoms with E-state index < -0.39 is 22.6 Å². The molecule has 2 N–H and O–H groups in total. The number of ether oxygens (including phenoxy) is 1. The fraction of sp³-hybridized carbons (Fsp3) is 0.409. The molecule has 34 heavy (non-hydrogen) atoms. The molecule has 2 aliphatic rings. The first kappa shape index (κ1) is 22.4. The predicted molar refractivity (Wildman–Crippen MR) is 127 cm³/mol. The average molecular weight is 484 g/mol. The van der Waals surface area contributed by atoms with E-state index in [1.54, 1.807) is 12.3 Å². The number of hydrogen-bond acceptors (Lipinski definition) is 9. The molecule has 178 valence electrons. The number of nitrogens with zero attached hydrogens (tertiary/aromatic N) is 6. The molecular weight excluding hydrogens is 458 g/mol. The number of rotatable bonds is 4. The van der Waals surface area contributed by atoms with Gasteiger partial charge < -0.3 is 14.6 Å². The third-order valence-corrected chi connectivity index (χ3v) is 6.87. The summed E-state index contributed by atoms with van der Waals surface area (Å²) in [5.41, 5.74) is 0.115. The maximum Gasteiger partial charge on any atom is 0.309 e. The van der Waals surface area contributed by atoms with Crippen molar-refractivity contribution < 1.29 is 18.3 Å². The van der Waals surface area contributed by atoms with Crippen molar-refractivity contribution in [2.45, 2.75) is 56.4 Å². The Hall–Kier alpha value is -3.38. The Morgan fingerprint density at radius 3 is 2.68 bits per heavy atom. The zero-order chi connectivity index (χ0) is 23.9. The number of pyridine rings is 1. The lowest BCUT2D eigenvalue weighted by molar-refractivity contribution is -0.133. The Bertz CT molecular complexity index is 1300. The number of fused-ring (bicyclic) bond motifs is 4. The molecule has 3 aromatic rings. The quantitative estimate of drug-likeness (QED) is 0.422. The van der Waals surface area contributed by atoms with Gasteiger partial charge in [0, 0.05) is 31.2 Å². The number of hydrogen-bond donors (Lipinski definition) is 2. The van der Waals surface area contributed by atoms with Gasteiger partial charge in [0.1, 0.15) is 22.8 Å². The van der Waals surface area contributed by atoms with Crippen LogP contribution in [0.25, 0.3) is 11.0 Å². The molecule has 1 aliphatic heterocycles. The number of carbonyl (C=O) groups is 1. The van der Waals surface area contributed by atoms with Gasteiger partial charge in [-0.05, 0) is 38.0 Å². The summed E-state index contributed by atoms with van der Waals surface area (Å²) in [5.74, 6) is 1.69. The molecule has 3 aromatic heterocycles. The van der Waals surface area contributed by atoms with E-state index in [-0.39, 0.29) is 4.90 Å². The van der Waals surface area contributed by atoms with Crippen molar-refractivity contribution >= 4 is 51.6 Å². The highest BCUT2D eigenvalue weighted by molar-refractivity contribution is 7.79. The maximum atomic E-state index is 12.0. The number of nitrogens with one attached hydrogen (secondary N) is 1. The summed E-state index contributed by atoms with van der Waals surface area (Å²) in [6.45, 7) is 3.98. The Morgan fingerprint density at radius 1 is 1.24 bits per heavy atom. The van der Waals surface area contributed by atoms with Crippen molar-refractivity contribution in [3.63, 3.8) is 0 Å². The van der Waals surface area contributed by atoms with Gasteiger partial charge in [-0.25, -0.2) is 19.2 Å². The van der Waals surface area contributed by atoms with Crippen LogP contribution in [0.1, 0.15) is 46.0 Å². The predicted octanol–water partition coefficient (Wildman–Crippen LogP) is 3.53. The van der Waals surface area contributed by atoms with E-state index in [0.29, 0.717) is 29.9 Å². The van der Waals surface area contributed by atoms with Gasteiger partial charge in [0.2, 0.25) is 11.8 Å². The van der Waals surface area contributed by atoms with Crippen LogP contribution in [0.5, 0.6) is 0 Å². The van der Waals surface area contributed by atoms with Gasteiger partial charge in [0.25, 0.3) is 0 Å². The summed E-state index contributed by atoms with van der Waals surface area (Å²) in [5, 5.41) is 10.5. The second-order valence-electron chi connectivity index (χ2n) is 8.37. The Labute approximate surface area is 198 Å².